The van der Waals surface area contributed by atoms with Gasteiger partial charge in [-0.2, -0.15) is 5.48 Å². The van der Waals surface area contributed by atoms with Crippen LogP contribution in [0.4, 0.5) is 0 Å². The molecule has 5 heteroatoms. The summed E-state index contributed by atoms with van der Waals surface area (Å²) >= 11 is 0. The van der Waals surface area contributed by atoms with Crippen LogP contribution in [0.5, 0.6) is 0 Å². The van der Waals surface area contributed by atoms with E-state index in [4.69, 9.17) is 10.9 Å². The number of hydrogen-bond donors (Lipinski definition) is 3. The fourth-order valence-electron chi connectivity index (χ4n) is 0.699. The van der Waals surface area contributed by atoms with E-state index in [2.05, 4.69) is 4.74 Å². The molecule has 0 amide bonds. The number of ether oxygens (including phenoxy) is 1. The van der Waals surface area contributed by atoms with Gasteiger partial charge < -0.3 is 15.7 Å². The molecule has 0 heterocycles. The zero-order valence-corrected chi connectivity index (χ0v) is 6.54. The topological polar surface area (TPSA) is 84.6 Å². The Bertz CT molecular complexity index is 118. The molecule has 0 rings (SSSR count). The third-order valence-corrected chi connectivity index (χ3v) is 1.34. The lowest BCUT2D eigenvalue weighted by Gasteiger charge is -2.10. The maximum Gasteiger partial charge on any atom is 0.325 e. The number of nitrogens with one attached hydrogen (secondary N) is 1. The number of hydroxylamine groups is 1. The van der Waals surface area contributed by atoms with E-state index in [9.17, 15) is 4.79 Å². The van der Waals surface area contributed by atoms with Crippen molar-refractivity contribution in [3.05, 3.63) is 0 Å². The first-order chi connectivity index (χ1) is 5.26. The molecule has 66 valence electrons. The number of hydrogen-bond acceptors (Lipinski definition) is 5. The Hall–Kier alpha value is -0.650. The maximum absolute atomic E-state index is 10.8. The van der Waals surface area contributed by atoms with Gasteiger partial charge in [-0.3, -0.25) is 4.79 Å². The molecule has 0 radical (unpaired) electrons. The molecule has 0 saturated carbocycles. The smallest absolute Gasteiger partial charge is 0.325 e. The lowest BCUT2D eigenvalue weighted by atomic mass is 10.2. The van der Waals surface area contributed by atoms with Gasteiger partial charge in [0.15, 0.2) is 0 Å². The van der Waals surface area contributed by atoms with E-state index in [1.165, 1.54) is 7.11 Å². The quantitative estimate of drug-likeness (QED) is 0.366. The van der Waals surface area contributed by atoms with Crippen molar-refractivity contribution in [1.82, 2.24) is 5.48 Å². The molecular formula is C6H14N2O3. The van der Waals surface area contributed by atoms with Crippen molar-refractivity contribution in [2.45, 2.75) is 18.9 Å². The molecule has 1 unspecified atom stereocenters. The second kappa shape index (κ2) is 6.09. The van der Waals surface area contributed by atoms with Gasteiger partial charge in [-0.25, -0.2) is 0 Å². The first-order valence-electron chi connectivity index (χ1n) is 3.43. The SMILES string of the molecule is COC(=O)C(CCCN)NO. The number of carbonyl (C=O) groups is 1. The molecule has 0 aromatic carbocycles. The minimum absolute atomic E-state index is 0.471. The van der Waals surface area contributed by atoms with Crippen molar-refractivity contribution in [2.75, 3.05) is 13.7 Å². The van der Waals surface area contributed by atoms with E-state index in [1.807, 2.05) is 5.48 Å². The van der Waals surface area contributed by atoms with Crippen molar-refractivity contribution in [3.63, 3.8) is 0 Å². The fraction of sp³-hybridized carbons (Fsp3) is 0.833. The van der Waals surface area contributed by atoms with Gasteiger partial charge in [-0.1, -0.05) is 0 Å². The molecule has 4 N–H and O–H groups in total. The van der Waals surface area contributed by atoms with E-state index in [1.54, 1.807) is 0 Å². The van der Waals surface area contributed by atoms with Crippen LogP contribution in [-0.2, 0) is 9.53 Å². The molecule has 11 heavy (non-hydrogen) atoms. The Morgan fingerprint density at radius 2 is 2.45 bits per heavy atom. The highest BCUT2D eigenvalue weighted by atomic mass is 16.5. The van der Waals surface area contributed by atoms with Crippen LogP contribution < -0.4 is 11.2 Å². The first kappa shape index (κ1) is 10.3. The molecule has 1 atom stereocenters. The van der Waals surface area contributed by atoms with Gasteiger partial charge in [0.05, 0.1) is 7.11 Å². The monoisotopic (exact) mass is 162 g/mol. The summed E-state index contributed by atoms with van der Waals surface area (Å²) in [6.45, 7) is 0.495. The van der Waals surface area contributed by atoms with Crippen LogP contribution in [0.3, 0.4) is 0 Å². The molecule has 5 nitrogen and oxygen atoms in total. The van der Waals surface area contributed by atoms with Gasteiger partial charge >= 0.3 is 5.97 Å². The van der Waals surface area contributed by atoms with Crippen LogP contribution in [0, 0.1) is 0 Å². The third kappa shape index (κ3) is 3.92. The molecule has 0 aliphatic rings. The molecule has 0 saturated heterocycles. The van der Waals surface area contributed by atoms with Crippen molar-refractivity contribution >= 4 is 5.97 Å². The largest absolute Gasteiger partial charge is 0.468 e. The average molecular weight is 162 g/mol. The van der Waals surface area contributed by atoms with Crippen molar-refractivity contribution in [3.8, 4) is 0 Å². The number of nitrogens with two attached hydrogens (primary N) is 1. The summed E-state index contributed by atoms with van der Waals surface area (Å²) in [5, 5.41) is 8.46. The summed E-state index contributed by atoms with van der Waals surface area (Å²) in [6.07, 6.45) is 1.16. The van der Waals surface area contributed by atoms with Crippen LogP contribution >= 0.6 is 0 Å². The highest BCUT2D eigenvalue weighted by Gasteiger charge is 2.16. The zero-order valence-electron chi connectivity index (χ0n) is 6.54. The number of esters is 1. The van der Waals surface area contributed by atoms with Crippen LogP contribution in [0.2, 0.25) is 0 Å². The Labute approximate surface area is 65.5 Å². The fourth-order valence-corrected chi connectivity index (χ4v) is 0.699. The van der Waals surface area contributed by atoms with Gasteiger partial charge in [-0.05, 0) is 19.4 Å². The highest BCUT2D eigenvalue weighted by Crippen LogP contribution is 1.96. The summed E-state index contributed by atoms with van der Waals surface area (Å²) in [7, 11) is 1.27. The summed E-state index contributed by atoms with van der Waals surface area (Å²) in [5.41, 5.74) is 7.07. The minimum atomic E-state index is -0.649. The van der Waals surface area contributed by atoms with Gasteiger partial charge in [0, 0.05) is 0 Å². The molecule has 0 aliphatic heterocycles. The standard InChI is InChI=1S/C6H14N2O3/c1-11-6(9)5(8-10)3-2-4-7/h5,8,10H,2-4,7H2,1H3. The van der Waals surface area contributed by atoms with Crippen LogP contribution in [0.15, 0.2) is 0 Å². The van der Waals surface area contributed by atoms with E-state index < -0.39 is 12.0 Å². The summed E-state index contributed by atoms with van der Waals surface area (Å²) in [6, 6.07) is -0.649. The lowest BCUT2D eigenvalue weighted by Crippen LogP contribution is -2.35. The molecule has 0 aliphatic carbocycles. The minimum Gasteiger partial charge on any atom is -0.468 e. The predicted molar refractivity (Wildman–Crippen MR) is 39.0 cm³/mol. The zero-order chi connectivity index (χ0) is 8.69. The predicted octanol–water partition coefficient (Wildman–Crippen LogP) is -0.754. The van der Waals surface area contributed by atoms with E-state index >= 15 is 0 Å². The van der Waals surface area contributed by atoms with E-state index in [0.29, 0.717) is 19.4 Å². The maximum atomic E-state index is 10.8. The summed E-state index contributed by atoms with van der Waals surface area (Å²) in [4.78, 5) is 10.8. The molecule has 0 bridgehead atoms. The van der Waals surface area contributed by atoms with Gasteiger partial charge in [0.25, 0.3) is 0 Å². The number of methoxy groups -OCH3 is 1. The molecule has 0 spiro atoms. The molecule has 0 aromatic heterocycles. The van der Waals surface area contributed by atoms with Gasteiger partial charge in [0.1, 0.15) is 6.04 Å². The Morgan fingerprint density at radius 1 is 1.82 bits per heavy atom. The van der Waals surface area contributed by atoms with E-state index in [0.717, 1.165) is 0 Å². The number of carbonyl (C=O) groups excluding carboxylic acids is 1. The highest BCUT2D eigenvalue weighted by molar-refractivity contribution is 5.75. The number of rotatable bonds is 5. The van der Waals surface area contributed by atoms with Crippen molar-refractivity contribution in [1.29, 1.82) is 0 Å². The Morgan fingerprint density at radius 3 is 2.82 bits per heavy atom. The average Bonchev–Trinajstić information content (AvgIpc) is 2.05. The molecule has 0 aromatic rings. The lowest BCUT2D eigenvalue weighted by molar-refractivity contribution is -0.146. The summed E-state index contributed by atoms with van der Waals surface area (Å²) < 4.78 is 4.40. The van der Waals surface area contributed by atoms with Crippen LogP contribution in [0.25, 0.3) is 0 Å². The van der Waals surface area contributed by atoms with Crippen molar-refractivity contribution in [2.24, 2.45) is 5.73 Å². The Balaban J connectivity index is 3.65. The normalized spacial score (nSPS) is 12.6. The van der Waals surface area contributed by atoms with E-state index in [-0.39, 0.29) is 0 Å². The van der Waals surface area contributed by atoms with Crippen molar-refractivity contribution < 1.29 is 14.7 Å². The second-order valence-electron chi connectivity index (χ2n) is 2.14. The second-order valence-corrected chi connectivity index (χ2v) is 2.14. The van der Waals surface area contributed by atoms with Gasteiger partial charge in [0.2, 0.25) is 0 Å². The first-order valence-corrected chi connectivity index (χ1v) is 3.43. The molecular weight excluding hydrogens is 148 g/mol. The van der Waals surface area contributed by atoms with Gasteiger partial charge in [-0.15, -0.1) is 0 Å². The summed E-state index contributed by atoms with van der Waals surface area (Å²) in [5.74, 6) is -0.471. The van der Waals surface area contributed by atoms with Crippen LogP contribution in [-0.4, -0.2) is 30.9 Å². The van der Waals surface area contributed by atoms with Crippen LogP contribution in [0.1, 0.15) is 12.8 Å². The molecule has 0 fully saturated rings. The third-order valence-electron chi connectivity index (χ3n) is 1.34. The Kier molecular flexibility index (Phi) is 5.73.